The molecule has 0 atom stereocenters. The Balaban J connectivity index is 1.59. The summed E-state index contributed by atoms with van der Waals surface area (Å²) >= 11 is 3.32. The van der Waals surface area contributed by atoms with Crippen molar-refractivity contribution in [1.82, 2.24) is 35.0 Å². The Morgan fingerprint density at radius 3 is 2.79 bits per heavy atom. The average molecular weight is 458 g/mol. The second-order valence-corrected chi connectivity index (χ2v) is 6.85. The summed E-state index contributed by atoms with van der Waals surface area (Å²) in [5.41, 5.74) is 2.62. The molecule has 0 bridgehead atoms. The van der Waals surface area contributed by atoms with Crippen LogP contribution >= 0.6 is 15.9 Å². The molecule has 0 amide bonds. The first-order valence-electron chi connectivity index (χ1n) is 8.55. The Bertz CT molecular complexity index is 1210. The number of pyridine rings is 1. The molecular formula is C18H16BrN7O3. The van der Waals surface area contributed by atoms with Crippen LogP contribution < -0.4 is 15.2 Å². The predicted molar refractivity (Wildman–Crippen MR) is 107 cm³/mol. The Kier molecular flexibility index (Phi) is 5.12. The number of rotatable bonds is 6. The monoisotopic (exact) mass is 457 g/mol. The Labute approximate surface area is 173 Å². The standard InChI is InChI=1S/C18H16BrN7O3/c1-11-4-3-5-13(26-18(27)21-23-24-26)12(11)10-29-16-8-9-25(22-16)14-6-7-15(19)20-17(14)28-2/h3-9H,10H2,1-2H3,(H,21,24,27). The molecule has 1 aromatic carbocycles. The zero-order chi connectivity index (χ0) is 20.4. The van der Waals surface area contributed by atoms with Crippen LogP contribution in [0.2, 0.25) is 0 Å². The number of H-pyrrole nitrogens is 1. The summed E-state index contributed by atoms with van der Waals surface area (Å²) in [7, 11) is 1.55. The van der Waals surface area contributed by atoms with E-state index in [0.717, 1.165) is 11.1 Å². The summed E-state index contributed by atoms with van der Waals surface area (Å²) in [6.07, 6.45) is 1.75. The van der Waals surface area contributed by atoms with Gasteiger partial charge in [0.1, 0.15) is 16.9 Å². The summed E-state index contributed by atoms with van der Waals surface area (Å²) in [5, 5.41) is 14.1. The van der Waals surface area contributed by atoms with Gasteiger partial charge in [0.05, 0.1) is 12.8 Å². The minimum atomic E-state index is -0.420. The lowest BCUT2D eigenvalue weighted by Gasteiger charge is -2.11. The number of tetrazole rings is 1. The zero-order valence-corrected chi connectivity index (χ0v) is 17.1. The van der Waals surface area contributed by atoms with Crippen LogP contribution in [0.3, 0.4) is 0 Å². The smallest absolute Gasteiger partial charge is 0.365 e. The SMILES string of the molecule is COc1nc(Br)ccc1-n1ccc(OCc2c(C)cccc2-n2nn[nH]c2=O)n1. The van der Waals surface area contributed by atoms with Crippen molar-refractivity contribution in [2.24, 2.45) is 0 Å². The summed E-state index contributed by atoms with van der Waals surface area (Å²) in [6.45, 7) is 2.14. The molecule has 0 aliphatic carbocycles. The van der Waals surface area contributed by atoms with Gasteiger partial charge in [-0.2, -0.15) is 4.68 Å². The third-order valence-corrected chi connectivity index (χ3v) is 4.70. The molecule has 4 aromatic rings. The normalized spacial score (nSPS) is 10.9. The van der Waals surface area contributed by atoms with E-state index in [2.05, 4.69) is 41.5 Å². The third kappa shape index (κ3) is 3.76. The maximum Gasteiger partial charge on any atom is 0.365 e. The topological polar surface area (TPSA) is 113 Å². The van der Waals surface area contributed by atoms with Crippen molar-refractivity contribution in [3.05, 3.63) is 68.8 Å². The minimum Gasteiger partial charge on any atom is -0.479 e. The second-order valence-electron chi connectivity index (χ2n) is 6.04. The first-order chi connectivity index (χ1) is 14.1. The lowest BCUT2D eigenvalue weighted by molar-refractivity contribution is 0.290. The van der Waals surface area contributed by atoms with E-state index in [1.54, 1.807) is 36.2 Å². The average Bonchev–Trinajstić information content (AvgIpc) is 3.35. The number of aryl methyl sites for hydroxylation is 1. The maximum absolute atomic E-state index is 11.9. The van der Waals surface area contributed by atoms with Crippen molar-refractivity contribution in [3.8, 4) is 23.1 Å². The van der Waals surface area contributed by atoms with E-state index in [1.165, 1.54) is 4.68 Å². The van der Waals surface area contributed by atoms with Crippen molar-refractivity contribution in [1.29, 1.82) is 0 Å². The highest BCUT2D eigenvalue weighted by molar-refractivity contribution is 9.10. The van der Waals surface area contributed by atoms with E-state index in [-0.39, 0.29) is 6.61 Å². The highest BCUT2D eigenvalue weighted by Gasteiger charge is 2.14. The van der Waals surface area contributed by atoms with Gasteiger partial charge in [-0.1, -0.05) is 12.1 Å². The Morgan fingerprint density at radius 2 is 2.03 bits per heavy atom. The molecule has 0 aliphatic heterocycles. The second kappa shape index (κ2) is 7.87. The number of benzene rings is 1. The quantitative estimate of drug-likeness (QED) is 0.441. The first-order valence-corrected chi connectivity index (χ1v) is 9.34. The molecule has 0 saturated carbocycles. The number of nitrogens with zero attached hydrogens (tertiary/aromatic N) is 6. The number of ether oxygens (including phenoxy) is 2. The number of hydrogen-bond acceptors (Lipinski definition) is 7. The number of aromatic amines is 1. The van der Waals surface area contributed by atoms with Gasteiger partial charge in [-0.05, 0) is 57.0 Å². The number of hydrogen-bond donors (Lipinski definition) is 1. The van der Waals surface area contributed by atoms with Crippen molar-refractivity contribution < 1.29 is 9.47 Å². The Morgan fingerprint density at radius 1 is 1.17 bits per heavy atom. The minimum absolute atomic E-state index is 0.202. The van der Waals surface area contributed by atoms with E-state index in [1.807, 2.05) is 25.1 Å². The molecule has 10 nitrogen and oxygen atoms in total. The van der Waals surface area contributed by atoms with Gasteiger partial charge in [-0.3, -0.25) is 0 Å². The molecule has 0 fully saturated rings. The third-order valence-electron chi connectivity index (χ3n) is 4.26. The van der Waals surface area contributed by atoms with Crippen LogP contribution in [-0.2, 0) is 6.61 Å². The maximum atomic E-state index is 11.9. The van der Waals surface area contributed by atoms with Crippen LogP contribution in [0.1, 0.15) is 11.1 Å². The van der Waals surface area contributed by atoms with Crippen molar-refractivity contribution in [3.63, 3.8) is 0 Å². The van der Waals surface area contributed by atoms with E-state index in [4.69, 9.17) is 9.47 Å². The van der Waals surface area contributed by atoms with Gasteiger partial charge in [-0.15, -0.1) is 5.10 Å². The molecule has 0 saturated heterocycles. The van der Waals surface area contributed by atoms with Crippen LogP contribution in [0.25, 0.3) is 11.4 Å². The zero-order valence-electron chi connectivity index (χ0n) is 15.5. The van der Waals surface area contributed by atoms with Gasteiger partial charge in [-0.25, -0.2) is 19.6 Å². The summed E-state index contributed by atoms with van der Waals surface area (Å²) in [6, 6.07) is 10.9. The number of nitrogens with one attached hydrogen (secondary N) is 1. The van der Waals surface area contributed by atoms with Crippen LogP contribution in [0.4, 0.5) is 0 Å². The fraction of sp³-hybridized carbons (Fsp3) is 0.167. The molecule has 0 unspecified atom stereocenters. The molecule has 3 aromatic heterocycles. The van der Waals surface area contributed by atoms with Gasteiger partial charge in [0.2, 0.25) is 11.8 Å². The van der Waals surface area contributed by atoms with Crippen LogP contribution in [0.15, 0.2) is 52.0 Å². The molecule has 3 heterocycles. The van der Waals surface area contributed by atoms with Crippen LogP contribution in [0, 0.1) is 6.92 Å². The highest BCUT2D eigenvalue weighted by Crippen LogP contribution is 2.24. The van der Waals surface area contributed by atoms with Crippen molar-refractivity contribution in [2.75, 3.05) is 7.11 Å². The lowest BCUT2D eigenvalue weighted by Crippen LogP contribution is -2.18. The molecule has 0 aliphatic rings. The molecule has 148 valence electrons. The largest absolute Gasteiger partial charge is 0.479 e. The molecule has 0 radical (unpaired) electrons. The van der Waals surface area contributed by atoms with Crippen molar-refractivity contribution >= 4 is 15.9 Å². The van der Waals surface area contributed by atoms with E-state index >= 15 is 0 Å². The molecule has 11 heteroatoms. The van der Waals surface area contributed by atoms with E-state index in [9.17, 15) is 4.79 Å². The molecule has 0 spiro atoms. The Hall–Kier alpha value is -3.47. The number of halogens is 1. The van der Waals surface area contributed by atoms with E-state index < -0.39 is 5.69 Å². The summed E-state index contributed by atoms with van der Waals surface area (Å²) < 4.78 is 14.7. The number of aromatic nitrogens is 7. The fourth-order valence-electron chi connectivity index (χ4n) is 2.83. The molecule has 4 rings (SSSR count). The van der Waals surface area contributed by atoms with Crippen molar-refractivity contribution in [2.45, 2.75) is 13.5 Å². The van der Waals surface area contributed by atoms with Gasteiger partial charge < -0.3 is 9.47 Å². The molecular weight excluding hydrogens is 442 g/mol. The van der Waals surface area contributed by atoms with Gasteiger partial charge in [0.25, 0.3) is 0 Å². The number of methoxy groups -OCH3 is 1. The molecule has 29 heavy (non-hydrogen) atoms. The van der Waals surface area contributed by atoms with Gasteiger partial charge in [0, 0.05) is 17.8 Å². The lowest BCUT2D eigenvalue weighted by atomic mass is 10.1. The summed E-state index contributed by atoms with van der Waals surface area (Å²) in [5.74, 6) is 0.845. The fourth-order valence-corrected chi connectivity index (χ4v) is 3.12. The van der Waals surface area contributed by atoms with Gasteiger partial charge in [0.15, 0.2) is 0 Å². The first kappa shape index (κ1) is 18.9. The van der Waals surface area contributed by atoms with E-state index in [0.29, 0.717) is 27.7 Å². The van der Waals surface area contributed by atoms with Crippen LogP contribution in [-0.4, -0.2) is 42.1 Å². The predicted octanol–water partition coefficient (Wildman–Crippen LogP) is 2.19. The summed E-state index contributed by atoms with van der Waals surface area (Å²) in [4.78, 5) is 16.2. The van der Waals surface area contributed by atoms with Crippen LogP contribution in [0.5, 0.6) is 11.8 Å². The van der Waals surface area contributed by atoms with Gasteiger partial charge >= 0.3 is 5.69 Å². The molecule has 1 N–H and O–H groups in total. The highest BCUT2D eigenvalue weighted by atomic mass is 79.9.